The molecule has 0 atom stereocenters. The van der Waals surface area contributed by atoms with Gasteiger partial charge in [-0.3, -0.25) is 0 Å². The monoisotopic (exact) mass is 571 g/mol. The molecule has 0 fully saturated rings. The summed E-state index contributed by atoms with van der Waals surface area (Å²) >= 11 is 0. The van der Waals surface area contributed by atoms with Crippen LogP contribution in [0.2, 0.25) is 0 Å². The maximum atomic E-state index is 8.87. The molecule has 0 aliphatic heterocycles. The molecule has 0 radical (unpaired) electrons. The summed E-state index contributed by atoms with van der Waals surface area (Å²) in [6.45, 7) is 0. The largest absolute Gasteiger partial charge is 0.455 e. The van der Waals surface area contributed by atoms with Gasteiger partial charge in [-0.25, -0.2) is 9.97 Å². The van der Waals surface area contributed by atoms with Gasteiger partial charge in [0.1, 0.15) is 34.3 Å². The fraction of sp³-hybridized carbons (Fsp3) is 0. The maximum Gasteiger partial charge on any atom is 0.180 e. The number of para-hydroxylation sites is 2. The quantitative estimate of drug-likeness (QED) is 0.211. The van der Waals surface area contributed by atoms with Crippen molar-refractivity contribution in [2.45, 2.75) is 0 Å². The lowest BCUT2D eigenvalue weighted by Crippen LogP contribution is -1.88. The number of benzene rings is 6. The molecule has 4 heteroatoms. The highest BCUT2D eigenvalue weighted by atomic mass is 16.3. The molecule has 3 aromatic heterocycles. The van der Waals surface area contributed by atoms with Gasteiger partial charge in [-0.2, -0.15) is 0 Å². The number of fused-ring (bicyclic) bond motifs is 6. The van der Waals surface area contributed by atoms with Crippen LogP contribution in [0.15, 0.2) is 155 Å². The lowest BCUT2D eigenvalue weighted by molar-refractivity contribution is 0.667. The Morgan fingerprint density at radius 2 is 1.18 bits per heavy atom. The molecule has 4 nitrogen and oxygen atoms in total. The lowest BCUT2D eigenvalue weighted by Gasteiger charge is -2.06. The Balaban J connectivity index is 1.18. The normalized spacial score (nSPS) is 13.9. The molecule has 0 unspecified atom stereocenters. The van der Waals surface area contributed by atoms with Gasteiger partial charge in [0.05, 0.1) is 9.60 Å². The maximum absolute atomic E-state index is 8.87. The van der Waals surface area contributed by atoms with Gasteiger partial charge in [0.2, 0.25) is 0 Å². The molecule has 9 aromatic rings. The van der Waals surface area contributed by atoms with Crippen molar-refractivity contribution < 1.29 is 18.4 Å². The predicted octanol–water partition coefficient (Wildman–Crippen LogP) is 10.9. The summed E-state index contributed by atoms with van der Waals surface area (Å²) < 4.78 is 71.8. The summed E-state index contributed by atoms with van der Waals surface area (Å²) in [6.07, 6.45) is 1.48. The first-order valence-electron chi connectivity index (χ1n) is 17.6. The predicted molar refractivity (Wildman–Crippen MR) is 178 cm³/mol. The summed E-state index contributed by atoms with van der Waals surface area (Å²) in [5.74, 6) is 0. The minimum atomic E-state index is -0.467. The van der Waals surface area contributed by atoms with Crippen LogP contribution < -0.4 is 0 Å². The van der Waals surface area contributed by atoms with E-state index in [9.17, 15) is 0 Å². The van der Waals surface area contributed by atoms with Crippen molar-refractivity contribution in [3.05, 3.63) is 146 Å². The zero-order valence-corrected chi connectivity index (χ0v) is 23.0. The van der Waals surface area contributed by atoms with Gasteiger partial charge in [0.15, 0.2) is 5.58 Å². The van der Waals surface area contributed by atoms with E-state index in [1.54, 1.807) is 18.2 Å². The Morgan fingerprint density at radius 3 is 2.07 bits per heavy atom. The van der Waals surface area contributed by atoms with Crippen LogP contribution in [-0.4, -0.2) is 9.97 Å². The van der Waals surface area contributed by atoms with E-state index in [2.05, 4.69) is 52.4 Å². The molecule has 0 N–H and O–H groups in total. The van der Waals surface area contributed by atoms with Crippen LogP contribution in [0.3, 0.4) is 0 Å². The molecule has 206 valence electrons. The van der Waals surface area contributed by atoms with Crippen LogP contribution in [0.4, 0.5) is 0 Å². The zero-order valence-electron chi connectivity index (χ0n) is 30.0. The first kappa shape index (κ1) is 18.5. The number of hydrogen-bond donors (Lipinski definition) is 0. The molecule has 0 saturated heterocycles. The molecule has 6 aromatic carbocycles. The Bertz CT molecular complexity index is 2880. The summed E-state index contributed by atoms with van der Waals surface area (Å²) in [6, 6.07) is 29.1. The van der Waals surface area contributed by atoms with Crippen molar-refractivity contribution in [2.24, 2.45) is 0 Å². The average Bonchev–Trinajstić information content (AvgIpc) is 3.75. The Morgan fingerprint density at radius 1 is 0.477 bits per heavy atom. The van der Waals surface area contributed by atoms with Crippen LogP contribution in [0.1, 0.15) is 9.60 Å². The first-order chi connectivity index (χ1) is 24.7. The molecule has 9 rings (SSSR count). The van der Waals surface area contributed by atoms with E-state index in [-0.39, 0.29) is 57.7 Å². The van der Waals surface area contributed by atoms with Gasteiger partial charge < -0.3 is 8.83 Å². The van der Waals surface area contributed by atoms with Gasteiger partial charge >= 0.3 is 0 Å². The van der Waals surface area contributed by atoms with E-state index in [1.807, 2.05) is 36.4 Å². The van der Waals surface area contributed by atoms with Crippen molar-refractivity contribution in [1.82, 2.24) is 9.97 Å². The van der Waals surface area contributed by atoms with Gasteiger partial charge in [0.25, 0.3) is 0 Å². The minimum absolute atomic E-state index is 0.0122. The molecule has 0 aliphatic rings. The van der Waals surface area contributed by atoms with Crippen LogP contribution in [-0.2, 0) is 0 Å². The molecule has 44 heavy (non-hydrogen) atoms. The van der Waals surface area contributed by atoms with Crippen LogP contribution in [0, 0.1) is 0 Å². The number of nitrogens with zero attached hydrogens (tertiary/aromatic N) is 2. The second kappa shape index (κ2) is 9.79. The standard InChI is InChI=1S/C40H24N2O2/c1-2-8-25(9-3-1)26-16-18-27(19-17-26)28-20-21-36-34(23-28)38-40(44-36)37(41-24-42-38)30-11-6-10-29(22-30)31-13-7-14-33-32-12-4-5-15-35(32)43-39(31)33/h1-24H/i4D,5D,7D,12D,13D,14D,15D. The lowest BCUT2D eigenvalue weighted by atomic mass is 9.99. The third kappa shape index (κ3) is 3.92. The van der Waals surface area contributed by atoms with Crippen molar-refractivity contribution in [3.8, 4) is 44.6 Å². The van der Waals surface area contributed by atoms with Gasteiger partial charge in [0, 0.05) is 27.3 Å². The van der Waals surface area contributed by atoms with Gasteiger partial charge in [-0.05, 0) is 52.1 Å². The Kier molecular flexibility index (Phi) is 4.12. The SMILES string of the molecule is [2H]c1c([2H])c([2H])c2c(oc3c(-c4cccc(-c5ncnc6c5oc5ccc(-c7ccc(-c8ccccc8)cc7)cc56)c4)c([2H])c([2H])c([2H])c32)c1[2H]. The fourth-order valence-electron chi connectivity index (χ4n) is 5.80. The second-order valence-corrected chi connectivity index (χ2v) is 10.5. The zero-order chi connectivity index (χ0) is 35.1. The van der Waals surface area contributed by atoms with Crippen LogP contribution in [0.25, 0.3) is 88.6 Å². The highest BCUT2D eigenvalue weighted by Gasteiger charge is 2.17. The highest BCUT2D eigenvalue weighted by Crippen LogP contribution is 2.39. The Labute approximate surface area is 262 Å². The molecule has 0 amide bonds. The van der Waals surface area contributed by atoms with Crippen LogP contribution >= 0.6 is 0 Å². The topological polar surface area (TPSA) is 52.1 Å². The van der Waals surface area contributed by atoms with Gasteiger partial charge in [-0.15, -0.1) is 0 Å². The van der Waals surface area contributed by atoms with Crippen molar-refractivity contribution in [2.75, 3.05) is 0 Å². The number of furan rings is 2. The smallest absolute Gasteiger partial charge is 0.180 e. The number of hydrogen-bond acceptors (Lipinski definition) is 4. The van der Waals surface area contributed by atoms with E-state index in [0.29, 0.717) is 33.5 Å². The van der Waals surface area contributed by atoms with Gasteiger partial charge in [-0.1, -0.05) is 115 Å². The average molecular weight is 572 g/mol. The minimum Gasteiger partial charge on any atom is -0.455 e. The first-order valence-corrected chi connectivity index (χ1v) is 14.1. The summed E-state index contributed by atoms with van der Waals surface area (Å²) in [5, 5.41) is 0.903. The summed E-state index contributed by atoms with van der Waals surface area (Å²) in [5.41, 5.74) is 7.86. The fourth-order valence-corrected chi connectivity index (χ4v) is 5.80. The summed E-state index contributed by atoms with van der Waals surface area (Å²) in [7, 11) is 0. The van der Waals surface area contributed by atoms with E-state index < -0.39 is 12.1 Å². The molecule has 0 bridgehead atoms. The third-order valence-corrected chi connectivity index (χ3v) is 7.94. The number of rotatable bonds is 4. The van der Waals surface area contributed by atoms with Crippen molar-refractivity contribution >= 4 is 44.0 Å². The van der Waals surface area contributed by atoms with Crippen molar-refractivity contribution in [1.29, 1.82) is 0 Å². The molecule has 0 spiro atoms. The molecular weight excluding hydrogens is 540 g/mol. The van der Waals surface area contributed by atoms with E-state index in [0.717, 1.165) is 27.6 Å². The van der Waals surface area contributed by atoms with Crippen LogP contribution in [0.5, 0.6) is 0 Å². The third-order valence-electron chi connectivity index (χ3n) is 7.94. The van der Waals surface area contributed by atoms with Crippen molar-refractivity contribution in [3.63, 3.8) is 0 Å². The van der Waals surface area contributed by atoms with E-state index >= 15 is 0 Å². The number of aromatic nitrogens is 2. The summed E-state index contributed by atoms with van der Waals surface area (Å²) in [4.78, 5) is 9.18. The highest BCUT2D eigenvalue weighted by molar-refractivity contribution is 6.10. The second-order valence-electron chi connectivity index (χ2n) is 10.5. The molecule has 0 saturated carbocycles. The van der Waals surface area contributed by atoms with E-state index in [4.69, 9.17) is 18.4 Å². The molecule has 3 heterocycles. The Hall–Kier alpha value is -6.00. The molecular formula is C40H24N2O2. The molecule has 0 aliphatic carbocycles. The van der Waals surface area contributed by atoms with E-state index in [1.165, 1.54) is 6.33 Å².